The molecule has 2 aliphatic heterocycles. The number of aliphatic imine (C=N–C) groups is 1. The van der Waals surface area contributed by atoms with Gasteiger partial charge in [-0.3, -0.25) is 4.79 Å². The van der Waals surface area contributed by atoms with Crippen LogP contribution in [0, 0.1) is 0 Å². The van der Waals surface area contributed by atoms with Crippen LogP contribution in [0.25, 0.3) is 10.8 Å². The van der Waals surface area contributed by atoms with E-state index in [0.29, 0.717) is 33.7 Å². The average Bonchev–Trinajstić information content (AvgIpc) is 3.76. The average molecular weight is 628 g/mol. The SMILES string of the molecule is COC(=O)/N=C(/N)c1ccc2cn(S(=O)(=O)N3CCN(C(=O)c4nc5c(s4)CNC(C)C5)C(Cc4nn[nH]n4)C3)cc2c1. The van der Waals surface area contributed by atoms with E-state index < -0.39 is 22.3 Å². The first-order valence-corrected chi connectivity index (χ1v) is 15.6. The number of H-pyrrole nitrogens is 1. The number of aromatic amines is 1. The van der Waals surface area contributed by atoms with Crippen LogP contribution < -0.4 is 11.1 Å². The molecule has 0 spiro atoms. The zero-order valence-corrected chi connectivity index (χ0v) is 24.9. The third-order valence-corrected chi connectivity index (χ3v) is 10.3. The summed E-state index contributed by atoms with van der Waals surface area (Å²) < 4.78 is 34.7. The number of carbonyl (C=O) groups is 2. The maximum absolute atomic E-state index is 13.8. The predicted octanol–water partition coefficient (Wildman–Crippen LogP) is 0.279. The van der Waals surface area contributed by atoms with Crippen molar-refractivity contribution in [2.24, 2.45) is 10.7 Å². The highest BCUT2D eigenvalue weighted by atomic mass is 32.2. The van der Waals surface area contributed by atoms with Crippen LogP contribution in [0.1, 0.15) is 38.7 Å². The molecule has 6 rings (SSSR count). The number of nitrogens with zero attached hydrogens (tertiary/aromatic N) is 8. The molecule has 2 atom stereocenters. The van der Waals surface area contributed by atoms with Gasteiger partial charge in [0.2, 0.25) is 0 Å². The van der Waals surface area contributed by atoms with Crippen LogP contribution in [0.5, 0.6) is 0 Å². The lowest BCUT2D eigenvalue weighted by molar-refractivity contribution is 0.0560. The molecule has 4 N–H and O–H groups in total. The van der Waals surface area contributed by atoms with Gasteiger partial charge >= 0.3 is 16.3 Å². The number of carbonyl (C=O) groups excluding carboxylic acids is 2. The molecule has 5 heterocycles. The maximum Gasteiger partial charge on any atom is 0.435 e. The molecule has 226 valence electrons. The lowest BCUT2D eigenvalue weighted by atomic mass is 10.1. The highest BCUT2D eigenvalue weighted by Gasteiger charge is 2.38. The van der Waals surface area contributed by atoms with Crippen molar-refractivity contribution in [1.29, 1.82) is 0 Å². The molecule has 1 fully saturated rings. The van der Waals surface area contributed by atoms with E-state index in [1.165, 1.54) is 35.1 Å². The van der Waals surface area contributed by atoms with Gasteiger partial charge in [0.25, 0.3) is 5.91 Å². The Hall–Kier alpha value is -4.26. The fourth-order valence-corrected chi connectivity index (χ4v) is 7.66. The lowest BCUT2D eigenvalue weighted by Gasteiger charge is -2.40. The van der Waals surface area contributed by atoms with Crippen LogP contribution in [0.3, 0.4) is 0 Å². The van der Waals surface area contributed by atoms with Gasteiger partial charge in [-0.25, -0.2) is 13.8 Å². The maximum atomic E-state index is 13.8. The third kappa shape index (κ3) is 5.73. The van der Waals surface area contributed by atoms with Gasteiger partial charge in [-0.15, -0.1) is 21.5 Å². The van der Waals surface area contributed by atoms with E-state index in [9.17, 15) is 18.0 Å². The Morgan fingerprint density at radius 3 is 2.81 bits per heavy atom. The van der Waals surface area contributed by atoms with Crippen molar-refractivity contribution < 1.29 is 22.7 Å². The fraction of sp³-hybridized carbons (Fsp3) is 0.400. The van der Waals surface area contributed by atoms with Gasteiger partial charge in [0, 0.05) is 78.7 Å². The number of amides is 2. The Balaban J connectivity index is 1.26. The van der Waals surface area contributed by atoms with Crippen LogP contribution in [0.15, 0.2) is 35.6 Å². The summed E-state index contributed by atoms with van der Waals surface area (Å²) in [7, 11) is -2.83. The first-order chi connectivity index (χ1) is 20.6. The molecule has 0 radical (unpaired) electrons. The predicted molar refractivity (Wildman–Crippen MR) is 156 cm³/mol. The monoisotopic (exact) mass is 627 g/mol. The number of thiazole rings is 1. The van der Waals surface area contributed by atoms with Crippen molar-refractivity contribution in [2.45, 2.75) is 38.4 Å². The van der Waals surface area contributed by atoms with Crippen LogP contribution in [-0.4, -0.2) is 104 Å². The molecule has 4 aromatic rings. The van der Waals surface area contributed by atoms with Gasteiger partial charge in [0.05, 0.1) is 18.8 Å². The smallest absolute Gasteiger partial charge is 0.435 e. The minimum Gasteiger partial charge on any atom is -0.451 e. The van der Waals surface area contributed by atoms with E-state index in [0.717, 1.165) is 21.0 Å². The Morgan fingerprint density at radius 1 is 1.23 bits per heavy atom. The summed E-state index contributed by atoms with van der Waals surface area (Å²) in [4.78, 5) is 36.2. The number of ether oxygens (including phenoxy) is 1. The quantitative estimate of drug-likeness (QED) is 0.195. The Labute approximate surface area is 250 Å². The number of nitrogens with one attached hydrogen (secondary N) is 2. The van der Waals surface area contributed by atoms with E-state index in [-0.39, 0.29) is 43.8 Å². The number of nitrogens with two attached hydrogens (primary N) is 1. The second-order valence-corrected chi connectivity index (χ2v) is 13.2. The number of tetrazole rings is 1. The van der Waals surface area contributed by atoms with Crippen molar-refractivity contribution in [3.05, 3.63) is 57.6 Å². The van der Waals surface area contributed by atoms with Gasteiger partial charge in [-0.05, 0) is 13.0 Å². The molecule has 0 aliphatic carbocycles. The zero-order valence-electron chi connectivity index (χ0n) is 23.3. The Bertz CT molecular complexity index is 1820. The lowest BCUT2D eigenvalue weighted by Crippen LogP contribution is -2.58. The standard InChI is InChI=1S/C25H29N11O5S2/c1-14-7-19-20(10-27-14)42-23(28-19)24(37)36-6-5-34(13-18(36)9-21-30-32-33-31-21)43(39,40)35-11-16-4-3-15(8-17(16)12-35)22(26)29-25(38)41-2/h3-4,8,11-12,14,18,27H,5-7,9-10,13H2,1-2H3,(H2,26,29,38)(H,30,31,32,33). The Kier molecular flexibility index (Phi) is 7.67. The fourth-order valence-electron chi connectivity index (χ4n) is 5.23. The minimum atomic E-state index is -4.02. The first kappa shape index (κ1) is 28.8. The van der Waals surface area contributed by atoms with E-state index in [2.05, 4.69) is 47.6 Å². The number of methoxy groups -OCH3 is 1. The molecular formula is C25H29N11O5S2. The molecule has 0 saturated carbocycles. The summed E-state index contributed by atoms with van der Waals surface area (Å²) in [5.74, 6) is 0.0632. The first-order valence-electron chi connectivity index (χ1n) is 13.4. The van der Waals surface area contributed by atoms with Gasteiger partial charge < -0.3 is 20.7 Å². The molecule has 18 heteroatoms. The summed E-state index contributed by atoms with van der Waals surface area (Å²) >= 11 is 1.37. The highest BCUT2D eigenvalue weighted by Crippen LogP contribution is 2.27. The highest BCUT2D eigenvalue weighted by molar-refractivity contribution is 7.87. The summed E-state index contributed by atoms with van der Waals surface area (Å²) in [6, 6.07) is 4.69. The number of fused-ring (bicyclic) bond motifs is 2. The molecule has 2 unspecified atom stereocenters. The topological polar surface area (TPSA) is 207 Å². The van der Waals surface area contributed by atoms with Crippen LogP contribution >= 0.6 is 11.3 Å². The molecule has 16 nitrogen and oxygen atoms in total. The molecule has 43 heavy (non-hydrogen) atoms. The third-order valence-electron chi connectivity index (χ3n) is 7.48. The number of rotatable bonds is 6. The van der Waals surface area contributed by atoms with Crippen molar-refractivity contribution in [3.63, 3.8) is 0 Å². The minimum absolute atomic E-state index is 0.0187. The summed E-state index contributed by atoms with van der Waals surface area (Å²) in [5, 5.41) is 19.1. The molecule has 2 amide bonds. The van der Waals surface area contributed by atoms with Crippen LogP contribution in [0.4, 0.5) is 4.79 Å². The summed E-state index contributed by atoms with van der Waals surface area (Å²) in [6.07, 6.45) is 3.08. The number of aromatic nitrogens is 6. The van der Waals surface area contributed by atoms with Gasteiger partial charge in [0.15, 0.2) is 10.8 Å². The molecule has 3 aromatic heterocycles. The molecule has 1 saturated heterocycles. The Morgan fingerprint density at radius 2 is 2.05 bits per heavy atom. The molecule has 0 bridgehead atoms. The van der Waals surface area contributed by atoms with E-state index in [1.807, 2.05) is 0 Å². The molecular weight excluding hydrogens is 598 g/mol. The number of piperazine rings is 1. The van der Waals surface area contributed by atoms with Crippen LogP contribution in [0.2, 0.25) is 0 Å². The number of amidine groups is 1. The van der Waals surface area contributed by atoms with E-state index >= 15 is 0 Å². The largest absolute Gasteiger partial charge is 0.451 e. The zero-order chi connectivity index (χ0) is 30.3. The van der Waals surface area contributed by atoms with Crippen molar-refractivity contribution in [1.82, 2.24) is 44.1 Å². The van der Waals surface area contributed by atoms with Crippen molar-refractivity contribution in [3.8, 4) is 0 Å². The molecule has 2 aliphatic rings. The second kappa shape index (κ2) is 11.4. The van der Waals surface area contributed by atoms with Crippen molar-refractivity contribution in [2.75, 3.05) is 26.7 Å². The van der Waals surface area contributed by atoms with E-state index in [1.54, 1.807) is 23.1 Å². The normalized spacial score (nSPS) is 19.9. The van der Waals surface area contributed by atoms with Gasteiger partial charge in [-0.1, -0.05) is 17.3 Å². The number of hydrogen-bond donors (Lipinski definition) is 3. The van der Waals surface area contributed by atoms with E-state index in [4.69, 9.17) is 5.73 Å². The number of benzene rings is 1. The molecule has 1 aromatic carbocycles. The second-order valence-electron chi connectivity index (χ2n) is 10.3. The number of hydrogen-bond acceptors (Lipinski definition) is 11. The summed E-state index contributed by atoms with van der Waals surface area (Å²) in [5.41, 5.74) is 7.28. The van der Waals surface area contributed by atoms with Gasteiger partial charge in [-0.2, -0.15) is 22.9 Å². The van der Waals surface area contributed by atoms with Crippen LogP contribution in [-0.2, 0) is 34.3 Å². The van der Waals surface area contributed by atoms with Gasteiger partial charge in [0.1, 0.15) is 5.84 Å². The van der Waals surface area contributed by atoms with Crippen molar-refractivity contribution >= 4 is 50.2 Å². The summed E-state index contributed by atoms with van der Waals surface area (Å²) in [6.45, 7) is 3.00.